The van der Waals surface area contributed by atoms with Crippen LogP contribution in [-0.4, -0.2) is 40.5 Å². The summed E-state index contributed by atoms with van der Waals surface area (Å²) in [6.07, 6.45) is 3.84. The van der Waals surface area contributed by atoms with E-state index in [-0.39, 0.29) is 24.1 Å². The summed E-state index contributed by atoms with van der Waals surface area (Å²) < 4.78 is 7.28. The maximum Gasteiger partial charge on any atom is 0.312 e. The Balaban J connectivity index is 1.50. The zero-order valence-electron chi connectivity index (χ0n) is 15.9. The van der Waals surface area contributed by atoms with Gasteiger partial charge in [0.2, 0.25) is 0 Å². The third-order valence-electron chi connectivity index (χ3n) is 4.41. The monoisotopic (exact) mass is 370 g/mol. The molecule has 1 aromatic carbocycles. The number of hydrogen-bond acceptors (Lipinski definition) is 5. The van der Waals surface area contributed by atoms with E-state index < -0.39 is 5.41 Å². The number of amides is 1. The van der Waals surface area contributed by atoms with Gasteiger partial charge in [-0.15, -0.1) is 0 Å². The predicted molar refractivity (Wildman–Crippen MR) is 101 cm³/mol. The van der Waals surface area contributed by atoms with E-state index in [9.17, 15) is 9.59 Å². The number of ether oxygens (including phenoxy) is 1. The Morgan fingerprint density at radius 1 is 1.30 bits per heavy atom. The van der Waals surface area contributed by atoms with E-state index in [1.54, 1.807) is 6.20 Å². The van der Waals surface area contributed by atoms with Crippen molar-refractivity contribution in [3.8, 4) is 0 Å². The van der Waals surface area contributed by atoms with Crippen LogP contribution in [0.4, 0.5) is 0 Å². The second-order valence-electron chi connectivity index (χ2n) is 7.86. The van der Waals surface area contributed by atoms with Gasteiger partial charge < -0.3 is 10.1 Å². The summed E-state index contributed by atoms with van der Waals surface area (Å²) in [5.41, 5.74) is 1.14. The third-order valence-corrected chi connectivity index (χ3v) is 4.41. The van der Waals surface area contributed by atoms with Crippen LogP contribution < -0.4 is 10.6 Å². The molecule has 1 aromatic heterocycles. The molecule has 0 radical (unpaired) electrons. The van der Waals surface area contributed by atoms with Crippen molar-refractivity contribution in [1.29, 1.82) is 0 Å². The quantitative estimate of drug-likeness (QED) is 0.786. The van der Waals surface area contributed by atoms with Gasteiger partial charge >= 0.3 is 5.97 Å². The summed E-state index contributed by atoms with van der Waals surface area (Å²) in [5.74, 6) is -0.380. The minimum absolute atomic E-state index is 0.0704. The zero-order chi connectivity index (χ0) is 19.4. The molecule has 2 heterocycles. The number of benzene rings is 1. The Morgan fingerprint density at radius 3 is 2.67 bits per heavy atom. The minimum Gasteiger partial charge on any atom is -0.446 e. The number of rotatable bonds is 5. The van der Waals surface area contributed by atoms with Gasteiger partial charge in [0.15, 0.2) is 6.23 Å². The first-order valence-electron chi connectivity index (χ1n) is 9.13. The standard InChI is InChI=1S/C20H26N4O3/c1-20(2,3)19(26)27-17-11-16(12-21-17)23-18(25)15-7-5-14(6-8-15)13-24-10-4-9-22-24/h4-10,16-17,21H,11-13H2,1-3H3,(H,23,25)/t16-,17?/m1/s1. The molecule has 0 aliphatic carbocycles. The molecule has 1 amide bonds. The first-order chi connectivity index (χ1) is 12.8. The average Bonchev–Trinajstić information content (AvgIpc) is 3.27. The smallest absolute Gasteiger partial charge is 0.312 e. The molecule has 3 rings (SSSR count). The highest BCUT2D eigenvalue weighted by atomic mass is 16.6. The van der Waals surface area contributed by atoms with Gasteiger partial charge in [-0.25, -0.2) is 0 Å². The van der Waals surface area contributed by atoms with Gasteiger partial charge in [0.05, 0.1) is 12.0 Å². The molecule has 2 atom stereocenters. The van der Waals surface area contributed by atoms with Crippen LogP contribution in [0, 0.1) is 5.41 Å². The van der Waals surface area contributed by atoms with E-state index in [1.165, 1.54) is 0 Å². The van der Waals surface area contributed by atoms with Gasteiger partial charge in [-0.05, 0) is 44.5 Å². The van der Waals surface area contributed by atoms with Crippen molar-refractivity contribution >= 4 is 11.9 Å². The van der Waals surface area contributed by atoms with Crippen molar-refractivity contribution in [3.63, 3.8) is 0 Å². The maximum absolute atomic E-state index is 12.5. The topological polar surface area (TPSA) is 85.2 Å². The fraction of sp³-hybridized carbons (Fsp3) is 0.450. The molecular formula is C20H26N4O3. The number of aromatic nitrogens is 2. The lowest BCUT2D eigenvalue weighted by Crippen LogP contribution is -2.36. The molecule has 27 heavy (non-hydrogen) atoms. The second-order valence-corrected chi connectivity index (χ2v) is 7.86. The first kappa shape index (κ1) is 19.1. The SMILES string of the molecule is CC(C)(C)C(=O)OC1C[C@@H](NC(=O)c2ccc(Cn3cccn3)cc2)CN1. The number of nitrogens with zero attached hydrogens (tertiary/aromatic N) is 2. The molecule has 1 aliphatic rings. The van der Waals surface area contributed by atoms with Crippen molar-refractivity contribution in [1.82, 2.24) is 20.4 Å². The molecule has 1 unspecified atom stereocenters. The van der Waals surface area contributed by atoms with E-state index in [2.05, 4.69) is 15.7 Å². The van der Waals surface area contributed by atoms with E-state index in [4.69, 9.17) is 4.74 Å². The molecule has 1 fully saturated rings. The van der Waals surface area contributed by atoms with Crippen LogP contribution >= 0.6 is 0 Å². The Labute approximate surface area is 159 Å². The van der Waals surface area contributed by atoms with Gasteiger partial charge in [-0.1, -0.05) is 12.1 Å². The lowest BCUT2D eigenvalue weighted by molar-refractivity contribution is -0.159. The Kier molecular flexibility index (Phi) is 5.60. The first-order valence-corrected chi connectivity index (χ1v) is 9.13. The van der Waals surface area contributed by atoms with Crippen molar-refractivity contribution in [2.24, 2.45) is 5.41 Å². The summed E-state index contributed by atoms with van der Waals surface area (Å²) in [6.45, 7) is 6.70. The van der Waals surface area contributed by atoms with Crippen LogP contribution in [-0.2, 0) is 16.1 Å². The number of carbonyl (C=O) groups is 2. The molecule has 7 heteroatoms. The van der Waals surface area contributed by atoms with Gasteiger partial charge in [0, 0.05) is 37.0 Å². The fourth-order valence-corrected chi connectivity index (χ4v) is 2.82. The van der Waals surface area contributed by atoms with Crippen LogP contribution in [0.3, 0.4) is 0 Å². The maximum atomic E-state index is 12.5. The number of nitrogens with one attached hydrogen (secondary N) is 2. The summed E-state index contributed by atoms with van der Waals surface area (Å²) in [7, 11) is 0. The molecule has 144 valence electrons. The molecule has 0 saturated carbocycles. The normalized spacial score (nSPS) is 19.7. The van der Waals surface area contributed by atoms with Gasteiger partial charge in [0.25, 0.3) is 5.91 Å². The largest absolute Gasteiger partial charge is 0.446 e. The number of hydrogen-bond donors (Lipinski definition) is 2. The van der Waals surface area contributed by atoms with Crippen LogP contribution in [0.15, 0.2) is 42.7 Å². The van der Waals surface area contributed by atoms with E-state index >= 15 is 0 Å². The summed E-state index contributed by atoms with van der Waals surface area (Å²) >= 11 is 0. The highest BCUT2D eigenvalue weighted by Gasteiger charge is 2.32. The molecule has 2 aromatic rings. The zero-order valence-corrected chi connectivity index (χ0v) is 15.9. The summed E-state index contributed by atoms with van der Waals surface area (Å²) in [5, 5.41) is 10.3. The number of esters is 1. The highest BCUT2D eigenvalue weighted by molar-refractivity contribution is 5.94. The van der Waals surface area contributed by atoms with Crippen molar-refractivity contribution in [2.45, 2.75) is 46.0 Å². The minimum atomic E-state index is -0.541. The lowest BCUT2D eigenvalue weighted by Gasteiger charge is -2.20. The van der Waals surface area contributed by atoms with Gasteiger partial charge in [-0.2, -0.15) is 5.10 Å². The van der Waals surface area contributed by atoms with Gasteiger partial charge in [0.1, 0.15) is 0 Å². The van der Waals surface area contributed by atoms with Crippen molar-refractivity contribution in [3.05, 3.63) is 53.9 Å². The van der Waals surface area contributed by atoms with Crippen molar-refractivity contribution in [2.75, 3.05) is 6.54 Å². The Hall–Kier alpha value is -2.67. The Morgan fingerprint density at radius 2 is 2.04 bits per heavy atom. The highest BCUT2D eigenvalue weighted by Crippen LogP contribution is 2.19. The summed E-state index contributed by atoms with van der Waals surface area (Å²) in [4.78, 5) is 24.4. The average molecular weight is 370 g/mol. The van der Waals surface area contributed by atoms with E-state index in [1.807, 2.05) is 62.0 Å². The van der Waals surface area contributed by atoms with E-state index in [0.29, 0.717) is 25.1 Å². The van der Waals surface area contributed by atoms with Gasteiger partial charge in [-0.3, -0.25) is 19.6 Å². The summed E-state index contributed by atoms with van der Waals surface area (Å²) in [6, 6.07) is 9.29. The lowest BCUT2D eigenvalue weighted by atomic mass is 9.97. The predicted octanol–water partition coefficient (Wildman–Crippen LogP) is 1.94. The molecule has 1 aliphatic heterocycles. The molecule has 0 spiro atoms. The van der Waals surface area contributed by atoms with Crippen LogP contribution in [0.2, 0.25) is 0 Å². The molecule has 1 saturated heterocycles. The molecule has 2 N–H and O–H groups in total. The molecule has 7 nitrogen and oxygen atoms in total. The van der Waals surface area contributed by atoms with Crippen LogP contribution in [0.5, 0.6) is 0 Å². The van der Waals surface area contributed by atoms with Crippen molar-refractivity contribution < 1.29 is 14.3 Å². The molecular weight excluding hydrogens is 344 g/mol. The molecule has 0 bridgehead atoms. The van der Waals surface area contributed by atoms with Crippen LogP contribution in [0.25, 0.3) is 0 Å². The fourth-order valence-electron chi connectivity index (χ4n) is 2.82. The van der Waals surface area contributed by atoms with E-state index in [0.717, 1.165) is 5.56 Å². The Bertz CT molecular complexity index is 779. The number of carbonyl (C=O) groups excluding carboxylic acids is 2. The third kappa shape index (κ3) is 5.17. The second kappa shape index (κ2) is 7.92. The van der Waals surface area contributed by atoms with Crippen LogP contribution in [0.1, 0.15) is 43.1 Å².